The van der Waals surface area contributed by atoms with Gasteiger partial charge in [0.25, 0.3) is 0 Å². The molecule has 0 radical (unpaired) electrons. The van der Waals surface area contributed by atoms with E-state index in [1.807, 2.05) is 0 Å². The van der Waals surface area contributed by atoms with Crippen molar-refractivity contribution < 1.29 is 18.7 Å². The van der Waals surface area contributed by atoms with Crippen molar-refractivity contribution in [2.45, 2.75) is 13.5 Å². The number of esters is 1. The number of rotatable bonds is 3. The van der Waals surface area contributed by atoms with Crippen LogP contribution in [0.15, 0.2) is 18.2 Å². The molecule has 0 aromatic heterocycles. The lowest BCUT2D eigenvalue weighted by molar-refractivity contribution is -0.154. The van der Waals surface area contributed by atoms with E-state index in [2.05, 4.69) is 10.1 Å². The molecule has 92 valence electrons. The molecule has 0 aliphatic carbocycles. The van der Waals surface area contributed by atoms with E-state index in [4.69, 9.17) is 11.6 Å². The minimum absolute atomic E-state index is 0.0966. The fourth-order valence-corrected chi connectivity index (χ4v) is 1.27. The SMILES string of the molecule is CCOC(=O)C(=O)NCc1ccc(Cl)cc1F. The van der Waals surface area contributed by atoms with E-state index < -0.39 is 17.7 Å². The summed E-state index contributed by atoms with van der Waals surface area (Å²) in [6.07, 6.45) is 0. The Hall–Kier alpha value is -1.62. The van der Waals surface area contributed by atoms with Gasteiger partial charge in [0.15, 0.2) is 0 Å². The number of amides is 1. The summed E-state index contributed by atoms with van der Waals surface area (Å²) in [7, 11) is 0. The molecule has 1 aromatic carbocycles. The topological polar surface area (TPSA) is 55.4 Å². The van der Waals surface area contributed by atoms with Gasteiger partial charge >= 0.3 is 11.9 Å². The largest absolute Gasteiger partial charge is 0.459 e. The van der Waals surface area contributed by atoms with Crippen molar-refractivity contribution in [3.63, 3.8) is 0 Å². The first-order valence-corrected chi connectivity index (χ1v) is 5.31. The average molecular weight is 260 g/mol. The molecule has 0 spiro atoms. The lowest BCUT2D eigenvalue weighted by atomic mass is 10.2. The maximum Gasteiger partial charge on any atom is 0.396 e. The fourth-order valence-electron chi connectivity index (χ4n) is 1.11. The number of benzene rings is 1. The van der Waals surface area contributed by atoms with E-state index in [0.29, 0.717) is 0 Å². The Morgan fingerprint density at radius 1 is 1.47 bits per heavy atom. The van der Waals surface area contributed by atoms with Crippen LogP contribution in [0.3, 0.4) is 0 Å². The minimum atomic E-state index is -0.984. The van der Waals surface area contributed by atoms with Gasteiger partial charge in [-0.1, -0.05) is 17.7 Å². The third-order valence-corrected chi connectivity index (χ3v) is 2.15. The zero-order valence-electron chi connectivity index (χ0n) is 9.13. The van der Waals surface area contributed by atoms with Crippen LogP contribution < -0.4 is 5.32 Å². The smallest absolute Gasteiger partial charge is 0.396 e. The first kappa shape index (κ1) is 13.4. The first-order valence-electron chi connectivity index (χ1n) is 4.93. The summed E-state index contributed by atoms with van der Waals surface area (Å²) in [5, 5.41) is 2.51. The van der Waals surface area contributed by atoms with Gasteiger partial charge in [-0.05, 0) is 19.1 Å². The zero-order valence-corrected chi connectivity index (χ0v) is 9.88. The molecule has 0 aliphatic heterocycles. The van der Waals surface area contributed by atoms with Gasteiger partial charge in [-0.15, -0.1) is 0 Å². The molecule has 1 N–H and O–H groups in total. The van der Waals surface area contributed by atoms with Crippen molar-refractivity contribution in [1.82, 2.24) is 5.32 Å². The highest BCUT2D eigenvalue weighted by atomic mass is 35.5. The van der Waals surface area contributed by atoms with Crippen LogP contribution in [0.2, 0.25) is 5.02 Å². The number of carbonyl (C=O) groups is 2. The van der Waals surface area contributed by atoms with Crippen LogP contribution in [0.1, 0.15) is 12.5 Å². The lowest BCUT2D eigenvalue weighted by Crippen LogP contribution is -2.32. The van der Waals surface area contributed by atoms with Crippen LogP contribution in [-0.2, 0) is 20.9 Å². The third kappa shape index (κ3) is 4.03. The molecule has 17 heavy (non-hydrogen) atoms. The molecule has 0 bridgehead atoms. The second kappa shape index (κ2) is 6.20. The maximum absolute atomic E-state index is 13.3. The van der Waals surface area contributed by atoms with E-state index in [0.717, 1.165) is 6.07 Å². The van der Waals surface area contributed by atoms with E-state index in [1.165, 1.54) is 12.1 Å². The molecular weight excluding hydrogens is 249 g/mol. The van der Waals surface area contributed by atoms with E-state index in [-0.39, 0.29) is 23.7 Å². The van der Waals surface area contributed by atoms with Crippen molar-refractivity contribution in [3.05, 3.63) is 34.6 Å². The molecule has 1 aromatic rings. The molecule has 1 amide bonds. The molecule has 1 rings (SSSR count). The van der Waals surface area contributed by atoms with Crippen molar-refractivity contribution in [2.24, 2.45) is 0 Å². The summed E-state index contributed by atoms with van der Waals surface area (Å²) in [6.45, 7) is 1.60. The van der Waals surface area contributed by atoms with Crippen LogP contribution in [0.5, 0.6) is 0 Å². The van der Waals surface area contributed by atoms with Crippen LogP contribution in [0.4, 0.5) is 4.39 Å². The summed E-state index contributed by atoms with van der Waals surface area (Å²) in [6, 6.07) is 4.06. The maximum atomic E-state index is 13.3. The van der Waals surface area contributed by atoms with Gasteiger partial charge in [-0.25, -0.2) is 9.18 Å². The standard InChI is InChI=1S/C11H11ClFNO3/c1-2-17-11(16)10(15)14-6-7-3-4-8(12)5-9(7)13/h3-5H,2,6H2,1H3,(H,14,15). The predicted octanol–water partition coefficient (Wildman–Crippen LogP) is 1.66. The van der Waals surface area contributed by atoms with E-state index >= 15 is 0 Å². The van der Waals surface area contributed by atoms with Crippen LogP contribution in [0, 0.1) is 5.82 Å². The van der Waals surface area contributed by atoms with Crippen LogP contribution in [-0.4, -0.2) is 18.5 Å². The predicted molar refractivity (Wildman–Crippen MR) is 59.9 cm³/mol. The van der Waals surface area contributed by atoms with Gasteiger partial charge in [0.1, 0.15) is 5.82 Å². The minimum Gasteiger partial charge on any atom is -0.459 e. The Kier molecular flexibility index (Phi) is 4.90. The second-order valence-electron chi connectivity index (χ2n) is 3.14. The van der Waals surface area contributed by atoms with Crippen LogP contribution in [0.25, 0.3) is 0 Å². The highest BCUT2D eigenvalue weighted by Crippen LogP contribution is 2.14. The number of nitrogens with one attached hydrogen (secondary N) is 1. The molecule has 0 fully saturated rings. The third-order valence-electron chi connectivity index (χ3n) is 1.92. The van der Waals surface area contributed by atoms with Gasteiger partial charge in [-0.2, -0.15) is 0 Å². The summed E-state index contributed by atoms with van der Waals surface area (Å²) in [5.41, 5.74) is 0.243. The highest BCUT2D eigenvalue weighted by molar-refractivity contribution is 6.32. The molecule has 0 saturated heterocycles. The molecule has 0 unspecified atom stereocenters. The Morgan fingerprint density at radius 3 is 2.76 bits per heavy atom. The van der Waals surface area contributed by atoms with Gasteiger partial charge in [0.2, 0.25) is 0 Å². The van der Waals surface area contributed by atoms with Gasteiger partial charge in [-0.3, -0.25) is 4.79 Å². The Bertz CT molecular complexity index is 437. The molecular formula is C11H11ClFNO3. The normalized spacial score (nSPS) is 9.82. The summed E-state index contributed by atoms with van der Waals surface area (Å²) in [5.74, 6) is -2.43. The number of hydrogen-bond donors (Lipinski definition) is 1. The van der Waals surface area contributed by atoms with Crippen molar-refractivity contribution in [3.8, 4) is 0 Å². The monoisotopic (exact) mass is 259 g/mol. The van der Waals surface area contributed by atoms with Crippen molar-refractivity contribution in [1.29, 1.82) is 0 Å². The van der Waals surface area contributed by atoms with E-state index in [1.54, 1.807) is 6.92 Å². The molecule has 0 saturated carbocycles. The second-order valence-corrected chi connectivity index (χ2v) is 3.58. The van der Waals surface area contributed by atoms with Crippen molar-refractivity contribution >= 4 is 23.5 Å². The average Bonchev–Trinajstić information content (AvgIpc) is 2.27. The zero-order chi connectivity index (χ0) is 12.8. The first-order chi connectivity index (χ1) is 8.04. The van der Waals surface area contributed by atoms with Gasteiger partial charge in [0, 0.05) is 17.1 Å². The summed E-state index contributed by atoms with van der Waals surface area (Å²) < 4.78 is 17.8. The molecule has 4 nitrogen and oxygen atoms in total. The quantitative estimate of drug-likeness (QED) is 0.663. The number of ether oxygens (including phenoxy) is 1. The van der Waals surface area contributed by atoms with Crippen LogP contribution >= 0.6 is 11.6 Å². The van der Waals surface area contributed by atoms with Gasteiger partial charge in [0.05, 0.1) is 6.61 Å². The molecule has 0 aliphatic rings. The molecule has 0 heterocycles. The van der Waals surface area contributed by atoms with Crippen molar-refractivity contribution in [2.75, 3.05) is 6.61 Å². The lowest BCUT2D eigenvalue weighted by Gasteiger charge is -2.05. The Balaban J connectivity index is 2.56. The number of carbonyl (C=O) groups excluding carboxylic acids is 2. The molecule has 0 atom stereocenters. The number of halogens is 2. The Morgan fingerprint density at radius 2 is 2.18 bits per heavy atom. The molecule has 6 heteroatoms. The van der Waals surface area contributed by atoms with Gasteiger partial charge < -0.3 is 10.1 Å². The summed E-state index contributed by atoms with van der Waals surface area (Å²) >= 11 is 5.57. The fraction of sp³-hybridized carbons (Fsp3) is 0.273. The highest BCUT2D eigenvalue weighted by Gasteiger charge is 2.14. The number of hydrogen-bond acceptors (Lipinski definition) is 3. The van der Waals surface area contributed by atoms with E-state index in [9.17, 15) is 14.0 Å². The Labute approximate surface area is 103 Å². The summed E-state index contributed by atoms with van der Waals surface area (Å²) in [4.78, 5) is 22.1.